The third kappa shape index (κ3) is 3.39. The number of hydrogen-bond acceptors (Lipinski definition) is 4. The zero-order valence-corrected chi connectivity index (χ0v) is 9.46. The zero-order chi connectivity index (χ0) is 12.2. The number of ether oxygens (including phenoxy) is 1. The Morgan fingerprint density at radius 1 is 1.31 bits per heavy atom. The SMILES string of the molecule is COCC(=O)CS(=O)(=O)c1ccc(F)cc1. The van der Waals surface area contributed by atoms with Crippen molar-refractivity contribution in [1.29, 1.82) is 0 Å². The van der Waals surface area contributed by atoms with E-state index in [4.69, 9.17) is 0 Å². The van der Waals surface area contributed by atoms with Crippen LogP contribution in [0.15, 0.2) is 29.2 Å². The Bertz CT molecular complexity index is 464. The van der Waals surface area contributed by atoms with Crippen molar-refractivity contribution in [1.82, 2.24) is 0 Å². The maximum absolute atomic E-state index is 12.6. The van der Waals surface area contributed by atoms with Crippen molar-refractivity contribution in [3.63, 3.8) is 0 Å². The van der Waals surface area contributed by atoms with Crippen LogP contribution < -0.4 is 0 Å². The van der Waals surface area contributed by atoms with Crippen molar-refractivity contribution in [2.75, 3.05) is 19.5 Å². The van der Waals surface area contributed by atoms with Crippen molar-refractivity contribution in [2.45, 2.75) is 4.90 Å². The van der Waals surface area contributed by atoms with Crippen LogP contribution in [0, 0.1) is 5.82 Å². The molecule has 0 fully saturated rings. The minimum Gasteiger partial charge on any atom is -0.377 e. The van der Waals surface area contributed by atoms with Crippen molar-refractivity contribution >= 4 is 15.6 Å². The maximum atomic E-state index is 12.6. The Morgan fingerprint density at radius 3 is 2.38 bits per heavy atom. The lowest BCUT2D eigenvalue weighted by Crippen LogP contribution is -2.19. The summed E-state index contributed by atoms with van der Waals surface area (Å²) < 4.78 is 40.4. The van der Waals surface area contributed by atoms with Crippen molar-refractivity contribution in [2.24, 2.45) is 0 Å². The van der Waals surface area contributed by atoms with E-state index in [0.29, 0.717) is 0 Å². The lowest BCUT2D eigenvalue weighted by atomic mass is 10.4. The van der Waals surface area contributed by atoms with Crippen LogP contribution in [0.2, 0.25) is 0 Å². The molecule has 0 unspecified atom stereocenters. The van der Waals surface area contributed by atoms with Crippen LogP contribution >= 0.6 is 0 Å². The summed E-state index contributed by atoms with van der Waals surface area (Å²) in [5.74, 6) is -1.69. The lowest BCUT2D eigenvalue weighted by Gasteiger charge is -2.03. The van der Waals surface area contributed by atoms with Crippen molar-refractivity contribution in [3.8, 4) is 0 Å². The van der Waals surface area contributed by atoms with Gasteiger partial charge in [0.1, 0.15) is 18.2 Å². The van der Waals surface area contributed by atoms with E-state index in [0.717, 1.165) is 24.3 Å². The van der Waals surface area contributed by atoms with Gasteiger partial charge in [0.25, 0.3) is 0 Å². The van der Waals surface area contributed by atoms with Gasteiger partial charge in [-0.1, -0.05) is 0 Å². The van der Waals surface area contributed by atoms with Crippen molar-refractivity contribution < 1.29 is 22.3 Å². The molecule has 0 aliphatic heterocycles. The van der Waals surface area contributed by atoms with E-state index in [-0.39, 0.29) is 11.5 Å². The standard InChI is InChI=1S/C10H11FO4S/c1-15-6-9(12)7-16(13,14)10-4-2-8(11)3-5-10/h2-5H,6-7H2,1H3. The summed E-state index contributed by atoms with van der Waals surface area (Å²) >= 11 is 0. The van der Waals surface area contributed by atoms with E-state index in [9.17, 15) is 17.6 Å². The number of ketones is 1. The van der Waals surface area contributed by atoms with Gasteiger partial charge in [0, 0.05) is 7.11 Å². The van der Waals surface area contributed by atoms with Gasteiger partial charge in [-0.15, -0.1) is 0 Å². The number of carbonyl (C=O) groups excluding carboxylic acids is 1. The number of hydrogen-bond donors (Lipinski definition) is 0. The first-order valence-corrected chi connectivity index (χ1v) is 6.10. The average Bonchev–Trinajstić information content (AvgIpc) is 2.17. The topological polar surface area (TPSA) is 60.4 Å². The maximum Gasteiger partial charge on any atom is 0.185 e. The zero-order valence-electron chi connectivity index (χ0n) is 8.64. The molecule has 0 saturated carbocycles. The molecule has 0 aliphatic carbocycles. The molecule has 0 radical (unpaired) electrons. The summed E-state index contributed by atoms with van der Waals surface area (Å²) in [6.45, 7) is -0.250. The van der Waals surface area contributed by atoms with Crippen LogP contribution in [0.25, 0.3) is 0 Å². The molecule has 0 aliphatic rings. The highest BCUT2D eigenvalue weighted by Crippen LogP contribution is 2.11. The van der Waals surface area contributed by atoms with Gasteiger partial charge in [-0.25, -0.2) is 12.8 Å². The summed E-state index contributed by atoms with van der Waals surface area (Å²) in [4.78, 5) is 11.0. The first kappa shape index (κ1) is 12.8. The molecule has 1 rings (SSSR count). The van der Waals surface area contributed by atoms with Crippen LogP contribution in [-0.4, -0.2) is 33.7 Å². The van der Waals surface area contributed by atoms with E-state index < -0.39 is 27.2 Å². The Balaban J connectivity index is 2.86. The van der Waals surface area contributed by atoms with Crippen LogP contribution in [0.3, 0.4) is 0 Å². The Kier molecular flexibility index (Phi) is 4.14. The minimum absolute atomic E-state index is 0.0710. The van der Waals surface area contributed by atoms with Gasteiger partial charge in [-0.2, -0.15) is 0 Å². The molecule has 88 valence electrons. The van der Waals surface area contributed by atoms with E-state index in [2.05, 4.69) is 4.74 Å². The smallest absolute Gasteiger partial charge is 0.185 e. The first-order chi connectivity index (χ1) is 7.45. The minimum atomic E-state index is -3.69. The second-order valence-corrected chi connectivity index (χ2v) is 5.17. The van der Waals surface area contributed by atoms with Gasteiger partial charge in [-0.3, -0.25) is 4.79 Å². The Morgan fingerprint density at radius 2 is 1.88 bits per heavy atom. The number of Topliss-reactive ketones (excluding diaryl/α,β-unsaturated/α-hetero) is 1. The van der Waals surface area contributed by atoms with Crippen molar-refractivity contribution in [3.05, 3.63) is 30.1 Å². The third-order valence-corrected chi connectivity index (χ3v) is 3.52. The molecular formula is C10H11FO4S. The molecule has 0 spiro atoms. The monoisotopic (exact) mass is 246 g/mol. The fourth-order valence-corrected chi connectivity index (χ4v) is 2.36. The van der Waals surface area contributed by atoms with Gasteiger partial charge < -0.3 is 4.74 Å². The van der Waals surface area contributed by atoms with Gasteiger partial charge >= 0.3 is 0 Å². The molecule has 1 aromatic carbocycles. The highest BCUT2D eigenvalue weighted by Gasteiger charge is 2.18. The molecule has 0 amide bonds. The molecule has 0 atom stereocenters. The first-order valence-electron chi connectivity index (χ1n) is 4.44. The molecule has 1 aromatic rings. The van der Waals surface area contributed by atoms with Crippen LogP contribution in [0.4, 0.5) is 4.39 Å². The normalized spacial score (nSPS) is 11.4. The summed E-state index contributed by atoms with van der Waals surface area (Å²) in [5, 5.41) is 0. The van der Waals surface area contributed by atoms with Gasteiger partial charge in [0.15, 0.2) is 15.6 Å². The van der Waals surface area contributed by atoms with E-state index in [1.165, 1.54) is 7.11 Å². The second kappa shape index (κ2) is 5.18. The molecular weight excluding hydrogens is 235 g/mol. The number of carbonyl (C=O) groups is 1. The molecule has 4 nitrogen and oxygen atoms in total. The Labute approximate surface area is 93.0 Å². The molecule has 6 heteroatoms. The number of benzene rings is 1. The molecule has 0 N–H and O–H groups in total. The summed E-state index contributed by atoms with van der Waals surface area (Å²) in [5.41, 5.74) is 0. The Hall–Kier alpha value is -1.27. The fraction of sp³-hybridized carbons (Fsp3) is 0.300. The number of methoxy groups -OCH3 is 1. The third-order valence-electron chi connectivity index (χ3n) is 1.83. The van der Waals surface area contributed by atoms with Gasteiger partial charge in [0.2, 0.25) is 0 Å². The fourth-order valence-electron chi connectivity index (χ4n) is 1.14. The quantitative estimate of drug-likeness (QED) is 0.721. The average molecular weight is 246 g/mol. The number of halogens is 1. The summed E-state index contributed by atoms with van der Waals surface area (Å²) in [6, 6.07) is 4.33. The molecule has 16 heavy (non-hydrogen) atoms. The second-order valence-electron chi connectivity index (χ2n) is 3.18. The molecule has 0 heterocycles. The summed E-state index contributed by atoms with van der Waals surface area (Å²) in [7, 11) is -2.39. The van der Waals surface area contributed by atoms with Gasteiger partial charge in [-0.05, 0) is 24.3 Å². The van der Waals surface area contributed by atoms with Crippen LogP contribution in [0.1, 0.15) is 0 Å². The van der Waals surface area contributed by atoms with E-state index in [1.54, 1.807) is 0 Å². The summed E-state index contributed by atoms with van der Waals surface area (Å²) in [6.07, 6.45) is 0. The molecule has 0 saturated heterocycles. The van der Waals surface area contributed by atoms with Crippen LogP contribution in [0.5, 0.6) is 0 Å². The van der Waals surface area contributed by atoms with E-state index >= 15 is 0 Å². The molecule has 0 aromatic heterocycles. The highest BCUT2D eigenvalue weighted by atomic mass is 32.2. The predicted octanol–water partition coefficient (Wildman–Crippen LogP) is 0.815. The largest absolute Gasteiger partial charge is 0.377 e. The van der Waals surface area contributed by atoms with Crippen LogP contribution in [-0.2, 0) is 19.4 Å². The molecule has 0 bridgehead atoms. The predicted molar refractivity (Wildman–Crippen MR) is 55.3 cm³/mol. The number of rotatable bonds is 5. The van der Waals surface area contributed by atoms with E-state index in [1.807, 2.05) is 0 Å². The highest BCUT2D eigenvalue weighted by molar-refractivity contribution is 7.92. The lowest BCUT2D eigenvalue weighted by molar-refractivity contribution is -0.120. The number of sulfone groups is 1. The van der Waals surface area contributed by atoms with Gasteiger partial charge in [0.05, 0.1) is 4.90 Å².